The van der Waals surface area contributed by atoms with Crippen LogP contribution in [0.4, 0.5) is 9.18 Å². The minimum Gasteiger partial charge on any atom is -0.480 e. The third kappa shape index (κ3) is 1.55. The lowest BCUT2D eigenvalue weighted by Crippen LogP contribution is -2.44. The molecule has 1 amide bonds. The van der Waals surface area contributed by atoms with Crippen LogP contribution >= 0.6 is 0 Å². The predicted octanol–water partition coefficient (Wildman–Crippen LogP) is -0.868. The zero-order valence-corrected chi connectivity index (χ0v) is 6.42. The zero-order valence-electron chi connectivity index (χ0n) is 6.42. The number of alkyl halides is 1. The predicted molar refractivity (Wildman–Crippen MR) is 37.1 cm³/mol. The van der Waals surface area contributed by atoms with Crippen LogP contribution in [-0.2, 0) is 4.79 Å². The van der Waals surface area contributed by atoms with Crippen LogP contribution in [0, 0.1) is 0 Å². The van der Waals surface area contributed by atoms with Crippen LogP contribution in [0.1, 0.15) is 0 Å². The fourth-order valence-electron chi connectivity index (χ4n) is 1.27. The largest absolute Gasteiger partial charge is 0.480 e. The Bertz CT molecular complexity index is 245. The van der Waals surface area contributed by atoms with E-state index in [0.29, 0.717) is 4.90 Å². The monoisotopic (exact) mass is 193 g/mol. The molecule has 3 N–H and O–H groups in total. The molecule has 0 aromatic heterocycles. The van der Waals surface area contributed by atoms with Gasteiger partial charge in [0, 0.05) is 0 Å². The lowest BCUT2D eigenvalue weighted by molar-refractivity contribution is -0.144. The second-order valence-electron chi connectivity index (χ2n) is 2.72. The maximum Gasteiger partial charge on any atom is 0.408 e. The van der Waals surface area contributed by atoms with E-state index in [9.17, 15) is 14.0 Å². The van der Waals surface area contributed by atoms with Gasteiger partial charge in [-0.3, -0.25) is 4.90 Å². The summed E-state index contributed by atoms with van der Waals surface area (Å²) in [5.74, 6) is -1.55. The Hall–Kier alpha value is -1.37. The summed E-state index contributed by atoms with van der Waals surface area (Å²) in [6, 6.07) is -1.70. The van der Waals surface area contributed by atoms with Crippen molar-refractivity contribution in [3.8, 4) is 0 Å². The van der Waals surface area contributed by atoms with Gasteiger partial charge in [-0.05, 0) is 0 Å². The van der Waals surface area contributed by atoms with Crippen LogP contribution in [0.5, 0.6) is 0 Å². The van der Waals surface area contributed by atoms with E-state index in [4.69, 9.17) is 15.3 Å². The van der Waals surface area contributed by atoms with E-state index in [2.05, 4.69) is 0 Å². The highest BCUT2D eigenvalue weighted by Gasteiger charge is 2.47. The van der Waals surface area contributed by atoms with Crippen LogP contribution in [0.15, 0.2) is 0 Å². The van der Waals surface area contributed by atoms with E-state index in [0.717, 1.165) is 0 Å². The Labute approximate surface area is 72.2 Å². The summed E-state index contributed by atoms with van der Waals surface area (Å²) in [4.78, 5) is 21.2. The number of likely N-dealkylation sites (tertiary alicyclic amines) is 1. The maximum absolute atomic E-state index is 12.7. The number of aliphatic carboxylic acids is 1. The van der Waals surface area contributed by atoms with Gasteiger partial charge in [0.25, 0.3) is 0 Å². The highest BCUT2D eigenvalue weighted by molar-refractivity contribution is 5.81. The SMILES string of the molecule is O=C(O)C1C(O)C(F)CN1C(=O)O. The highest BCUT2D eigenvalue weighted by Crippen LogP contribution is 2.21. The molecule has 1 aliphatic heterocycles. The van der Waals surface area contributed by atoms with Gasteiger partial charge in [-0.2, -0.15) is 0 Å². The topological polar surface area (TPSA) is 98.1 Å². The second kappa shape index (κ2) is 3.17. The fourth-order valence-corrected chi connectivity index (χ4v) is 1.27. The first kappa shape index (κ1) is 9.72. The molecule has 3 unspecified atom stereocenters. The molecular weight excluding hydrogens is 185 g/mol. The maximum atomic E-state index is 12.7. The Morgan fingerprint density at radius 3 is 2.23 bits per heavy atom. The van der Waals surface area contributed by atoms with Gasteiger partial charge < -0.3 is 15.3 Å². The molecule has 0 aromatic rings. The Balaban J connectivity index is 2.86. The number of carboxylic acid groups (broad SMARTS) is 2. The van der Waals surface area contributed by atoms with Crippen molar-refractivity contribution in [1.82, 2.24) is 4.90 Å². The number of hydrogen-bond acceptors (Lipinski definition) is 3. The first-order valence-corrected chi connectivity index (χ1v) is 3.49. The van der Waals surface area contributed by atoms with E-state index in [1.165, 1.54) is 0 Å². The van der Waals surface area contributed by atoms with Crippen LogP contribution in [0.2, 0.25) is 0 Å². The van der Waals surface area contributed by atoms with Gasteiger partial charge in [0.15, 0.2) is 6.04 Å². The minimum atomic E-state index is -1.84. The number of carbonyl (C=O) groups is 2. The molecule has 0 aromatic carbocycles. The number of amides is 1. The van der Waals surface area contributed by atoms with Gasteiger partial charge in [0.2, 0.25) is 0 Å². The summed E-state index contributed by atoms with van der Waals surface area (Å²) in [7, 11) is 0. The van der Waals surface area contributed by atoms with Gasteiger partial charge in [0.05, 0.1) is 6.54 Å². The molecule has 1 heterocycles. The molecule has 0 radical (unpaired) electrons. The minimum absolute atomic E-state index is 0.373. The smallest absolute Gasteiger partial charge is 0.408 e. The summed E-state index contributed by atoms with van der Waals surface area (Å²) < 4.78 is 12.7. The van der Waals surface area contributed by atoms with Gasteiger partial charge in [0.1, 0.15) is 12.3 Å². The van der Waals surface area contributed by atoms with Crippen LogP contribution in [0.25, 0.3) is 0 Å². The number of aliphatic hydroxyl groups excluding tert-OH is 1. The molecule has 1 fully saturated rings. The Kier molecular flexibility index (Phi) is 2.37. The Morgan fingerprint density at radius 1 is 1.38 bits per heavy atom. The second-order valence-corrected chi connectivity index (χ2v) is 2.72. The molecular formula is C6H8FNO5. The number of hydrogen-bond donors (Lipinski definition) is 3. The van der Waals surface area contributed by atoms with Crippen LogP contribution in [0.3, 0.4) is 0 Å². The van der Waals surface area contributed by atoms with Gasteiger partial charge in [-0.25, -0.2) is 14.0 Å². The van der Waals surface area contributed by atoms with E-state index in [1.807, 2.05) is 0 Å². The lowest BCUT2D eigenvalue weighted by atomic mass is 10.1. The molecule has 0 bridgehead atoms. The third-order valence-electron chi connectivity index (χ3n) is 1.90. The molecule has 1 rings (SSSR count). The van der Waals surface area contributed by atoms with Crippen molar-refractivity contribution >= 4 is 12.1 Å². The molecule has 74 valence electrons. The van der Waals surface area contributed by atoms with Crippen LogP contribution < -0.4 is 0 Å². The third-order valence-corrected chi connectivity index (χ3v) is 1.90. The summed E-state index contributed by atoms with van der Waals surface area (Å²) in [5.41, 5.74) is 0. The van der Waals surface area contributed by atoms with E-state index >= 15 is 0 Å². The number of nitrogens with zero attached hydrogens (tertiary/aromatic N) is 1. The summed E-state index contributed by atoms with van der Waals surface area (Å²) in [6.45, 7) is -0.604. The standard InChI is InChI=1S/C6H8FNO5/c7-2-1-8(6(12)13)3(4(2)9)5(10)11/h2-4,9H,1H2,(H,10,11)(H,12,13). The van der Waals surface area contributed by atoms with E-state index in [1.54, 1.807) is 0 Å². The molecule has 0 aliphatic carbocycles. The van der Waals surface area contributed by atoms with Crippen molar-refractivity contribution in [2.24, 2.45) is 0 Å². The first-order valence-electron chi connectivity index (χ1n) is 3.49. The molecule has 1 aliphatic rings. The quantitative estimate of drug-likeness (QED) is 0.503. The molecule has 1 saturated heterocycles. The van der Waals surface area contributed by atoms with Crippen LogP contribution in [-0.4, -0.2) is 57.1 Å². The summed E-state index contributed by atoms with van der Waals surface area (Å²) >= 11 is 0. The first-order chi connectivity index (χ1) is 5.95. The summed E-state index contributed by atoms with van der Waals surface area (Å²) in [5, 5.41) is 25.9. The number of halogens is 1. The average molecular weight is 193 g/mol. The molecule has 0 spiro atoms. The van der Waals surface area contributed by atoms with Crippen molar-refractivity contribution in [3.63, 3.8) is 0 Å². The van der Waals surface area contributed by atoms with Crippen molar-refractivity contribution in [2.45, 2.75) is 18.3 Å². The van der Waals surface area contributed by atoms with Crippen molar-refractivity contribution in [1.29, 1.82) is 0 Å². The Morgan fingerprint density at radius 2 is 1.92 bits per heavy atom. The molecule has 0 saturated carbocycles. The molecule has 13 heavy (non-hydrogen) atoms. The van der Waals surface area contributed by atoms with E-state index < -0.39 is 36.9 Å². The number of carboxylic acids is 1. The molecule has 3 atom stereocenters. The fraction of sp³-hybridized carbons (Fsp3) is 0.667. The molecule has 7 heteroatoms. The van der Waals surface area contributed by atoms with E-state index in [-0.39, 0.29) is 0 Å². The van der Waals surface area contributed by atoms with Gasteiger partial charge in [-0.1, -0.05) is 0 Å². The number of aliphatic hydroxyl groups is 1. The summed E-state index contributed by atoms with van der Waals surface area (Å²) in [6.07, 6.45) is -5.17. The highest BCUT2D eigenvalue weighted by atomic mass is 19.1. The van der Waals surface area contributed by atoms with Crippen molar-refractivity contribution < 1.29 is 29.3 Å². The average Bonchev–Trinajstić information content (AvgIpc) is 2.28. The lowest BCUT2D eigenvalue weighted by Gasteiger charge is -2.18. The van der Waals surface area contributed by atoms with Crippen molar-refractivity contribution in [2.75, 3.05) is 6.54 Å². The van der Waals surface area contributed by atoms with Gasteiger partial charge >= 0.3 is 12.1 Å². The normalized spacial score (nSPS) is 33.4. The number of rotatable bonds is 1. The zero-order chi connectivity index (χ0) is 10.2. The molecule has 6 nitrogen and oxygen atoms in total. The van der Waals surface area contributed by atoms with Crippen molar-refractivity contribution in [3.05, 3.63) is 0 Å². The van der Waals surface area contributed by atoms with Gasteiger partial charge in [-0.15, -0.1) is 0 Å².